The maximum absolute atomic E-state index is 11.8. The number of carbonyl (C=O) groups is 2. The average Bonchev–Trinajstić information content (AvgIpc) is 3.05. The van der Waals surface area contributed by atoms with Crippen LogP contribution in [0.4, 0.5) is 0 Å². The lowest BCUT2D eigenvalue weighted by atomic mass is 9.95. The molecule has 2 saturated heterocycles. The highest BCUT2D eigenvalue weighted by Gasteiger charge is 2.29. The van der Waals surface area contributed by atoms with Crippen molar-refractivity contribution in [3.63, 3.8) is 0 Å². The van der Waals surface area contributed by atoms with E-state index in [0.29, 0.717) is 19.0 Å². The highest BCUT2D eigenvalue weighted by Crippen LogP contribution is 2.28. The quantitative estimate of drug-likeness (QED) is 0.778. The van der Waals surface area contributed by atoms with Crippen molar-refractivity contribution in [3.05, 3.63) is 0 Å². The van der Waals surface area contributed by atoms with Gasteiger partial charge >= 0.3 is 11.8 Å². The Kier molecular flexibility index (Phi) is 5.34. The highest BCUT2D eigenvalue weighted by molar-refractivity contribution is 6.35. The van der Waals surface area contributed by atoms with E-state index in [9.17, 15) is 9.59 Å². The summed E-state index contributed by atoms with van der Waals surface area (Å²) in [4.78, 5) is 27.6. The molecule has 3 rings (SSSR count). The number of amides is 2. The van der Waals surface area contributed by atoms with E-state index < -0.39 is 5.91 Å². The summed E-state index contributed by atoms with van der Waals surface area (Å²) in [5.74, 6) is 0.773. The van der Waals surface area contributed by atoms with Gasteiger partial charge in [0.15, 0.2) is 0 Å². The minimum Gasteiger partial charge on any atom is -0.346 e. The molecule has 0 spiro atoms. The Morgan fingerprint density at radius 3 is 2.41 bits per heavy atom. The SMILES string of the molecule is O=C1NCCN(CC2CCN(CCC3CCCC3)CC2)C1=O. The van der Waals surface area contributed by atoms with Crippen molar-refractivity contribution >= 4 is 11.8 Å². The lowest BCUT2D eigenvalue weighted by Gasteiger charge is -2.36. The van der Waals surface area contributed by atoms with Gasteiger partial charge in [-0.05, 0) is 50.7 Å². The van der Waals surface area contributed by atoms with Gasteiger partial charge in [0, 0.05) is 19.6 Å². The van der Waals surface area contributed by atoms with E-state index in [-0.39, 0.29) is 5.91 Å². The van der Waals surface area contributed by atoms with Crippen LogP contribution in [-0.4, -0.2) is 60.9 Å². The largest absolute Gasteiger partial charge is 0.346 e. The van der Waals surface area contributed by atoms with Crippen molar-refractivity contribution in [2.75, 3.05) is 39.3 Å². The lowest BCUT2D eigenvalue weighted by Crippen LogP contribution is -2.53. The summed E-state index contributed by atoms with van der Waals surface area (Å²) < 4.78 is 0. The maximum Gasteiger partial charge on any atom is 0.311 e. The van der Waals surface area contributed by atoms with E-state index in [1.807, 2.05) is 0 Å². The average molecular weight is 307 g/mol. The summed E-state index contributed by atoms with van der Waals surface area (Å²) in [6.07, 6.45) is 9.45. The molecule has 1 aliphatic carbocycles. The van der Waals surface area contributed by atoms with Gasteiger partial charge in [-0.1, -0.05) is 25.7 Å². The fourth-order valence-electron chi connectivity index (χ4n) is 4.17. The van der Waals surface area contributed by atoms with Crippen LogP contribution in [0.25, 0.3) is 0 Å². The smallest absolute Gasteiger partial charge is 0.311 e. The van der Waals surface area contributed by atoms with Crippen molar-refractivity contribution < 1.29 is 9.59 Å². The molecule has 2 amide bonds. The number of rotatable bonds is 5. The lowest BCUT2D eigenvalue weighted by molar-refractivity contribution is -0.148. The predicted octanol–water partition coefficient (Wildman–Crippen LogP) is 1.24. The minimum atomic E-state index is -0.430. The van der Waals surface area contributed by atoms with E-state index in [4.69, 9.17) is 0 Å². The summed E-state index contributed by atoms with van der Waals surface area (Å²) >= 11 is 0. The molecule has 0 aromatic heterocycles. The summed E-state index contributed by atoms with van der Waals surface area (Å²) in [5.41, 5.74) is 0. The number of nitrogens with one attached hydrogen (secondary N) is 1. The van der Waals surface area contributed by atoms with Crippen LogP contribution in [0.15, 0.2) is 0 Å². The first-order valence-electron chi connectivity index (χ1n) is 9.02. The standard InChI is InChI=1S/C17H29N3O2/c21-16-17(22)20(12-8-18-16)13-15-6-10-19(11-7-15)9-5-14-3-1-2-4-14/h14-15H,1-13H2,(H,18,21). The van der Waals surface area contributed by atoms with Crippen molar-refractivity contribution in [1.82, 2.24) is 15.1 Å². The van der Waals surface area contributed by atoms with Gasteiger partial charge in [-0.25, -0.2) is 0 Å². The molecule has 22 heavy (non-hydrogen) atoms. The number of hydrogen-bond donors (Lipinski definition) is 1. The third-order valence-electron chi connectivity index (χ3n) is 5.66. The number of hydrogen-bond acceptors (Lipinski definition) is 3. The fourth-order valence-corrected chi connectivity index (χ4v) is 4.17. The van der Waals surface area contributed by atoms with Crippen molar-refractivity contribution in [2.45, 2.75) is 44.9 Å². The Morgan fingerprint density at radius 1 is 0.955 bits per heavy atom. The molecule has 3 fully saturated rings. The van der Waals surface area contributed by atoms with Gasteiger partial charge in [-0.2, -0.15) is 0 Å². The maximum atomic E-state index is 11.8. The van der Waals surface area contributed by atoms with Crippen molar-refractivity contribution in [3.8, 4) is 0 Å². The molecule has 0 aromatic carbocycles. The molecular weight excluding hydrogens is 278 g/mol. The van der Waals surface area contributed by atoms with Gasteiger partial charge < -0.3 is 15.1 Å². The van der Waals surface area contributed by atoms with Gasteiger partial charge in [-0.3, -0.25) is 9.59 Å². The van der Waals surface area contributed by atoms with Crippen LogP contribution >= 0.6 is 0 Å². The number of piperazine rings is 1. The minimum absolute atomic E-state index is 0.338. The van der Waals surface area contributed by atoms with E-state index in [1.54, 1.807) is 4.90 Å². The second-order valence-corrected chi connectivity index (χ2v) is 7.23. The second kappa shape index (κ2) is 7.44. The first-order valence-corrected chi connectivity index (χ1v) is 9.02. The van der Waals surface area contributed by atoms with Crippen LogP contribution < -0.4 is 5.32 Å². The van der Waals surface area contributed by atoms with Crippen molar-refractivity contribution in [2.24, 2.45) is 11.8 Å². The van der Waals surface area contributed by atoms with Crippen LogP contribution in [-0.2, 0) is 9.59 Å². The Morgan fingerprint density at radius 2 is 1.68 bits per heavy atom. The van der Waals surface area contributed by atoms with Crippen molar-refractivity contribution in [1.29, 1.82) is 0 Å². The molecule has 5 heteroatoms. The summed E-state index contributed by atoms with van der Waals surface area (Å²) in [6, 6.07) is 0. The van der Waals surface area contributed by atoms with E-state index >= 15 is 0 Å². The second-order valence-electron chi connectivity index (χ2n) is 7.23. The zero-order valence-corrected chi connectivity index (χ0v) is 13.6. The van der Waals surface area contributed by atoms with Crippen LogP contribution in [0.2, 0.25) is 0 Å². The topological polar surface area (TPSA) is 52.7 Å². The van der Waals surface area contributed by atoms with Crippen LogP contribution in [0, 0.1) is 11.8 Å². The van der Waals surface area contributed by atoms with Gasteiger partial charge in [0.05, 0.1) is 0 Å². The summed E-state index contributed by atoms with van der Waals surface area (Å²) in [5, 5.41) is 2.61. The molecule has 124 valence electrons. The number of likely N-dealkylation sites (tertiary alicyclic amines) is 1. The first kappa shape index (κ1) is 15.8. The van der Waals surface area contributed by atoms with E-state index in [2.05, 4.69) is 10.2 Å². The van der Waals surface area contributed by atoms with E-state index in [0.717, 1.165) is 38.4 Å². The molecular formula is C17H29N3O2. The van der Waals surface area contributed by atoms with E-state index in [1.165, 1.54) is 38.6 Å². The molecule has 0 bridgehead atoms. The molecule has 0 atom stereocenters. The fraction of sp³-hybridized carbons (Fsp3) is 0.882. The molecule has 2 aliphatic heterocycles. The predicted molar refractivity (Wildman–Crippen MR) is 85.3 cm³/mol. The molecule has 1 N–H and O–H groups in total. The highest BCUT2D eigenvalue weighted by atomic mass is 16.2. The first-order chi connectivity index (χ1) is 10.7. The van der Waals surface area contributed by atoms with Crippen LogP contribution in [0.1, 0.15) is 44.9 Å². The molecule has 2 heterocycles. The van der Waals surface area contributed by atoms with Gasteiger partial charge in [0.2, 0.25) is 0 Å². The number of nitrogens with zero attached hydrogens (tertiary/aromatic N) is 2. The normalized spacial score (nSPS) is 25.7. The molecule has 5 nitrogen and oxygen atoms in total. The van der Waals surface area contributed by atoms with Gasteiger partial charge in [-0.15, -0.1) is 0 Å². The molecule has 3 aliphatic rings. The zero-order chi connectivity index (χ0) is 15.4. The van der Waals surface area contributed by atoms with Gasteiger partial charge in [0.25, 0.3) is 0 Å². The summed E-state index contributed by atoms with van der Waals surface area (Å²) in [6.45, 7) is 5.61. The Labute approximate surface area is 133 Å². The monoisotopic (exact) mass is 307 g/mol. The molecule has 0 unspecified atom stereocenters. The Hall–Kier alpha value is -1.10. The third kappa shape index (κ3) is 4.00. The molecule has 0 radical (unpaired) electrons. The van der Waals surface area contributed by atoms with Crippen LogP contribution in [0.5, 0.6) is 0 Å². The number of carbonyl (C=O) groups excluding carboxylic acids is 2. The molecule has 1 saturated carbocycles. The Balaban J connectivity index is 1.36. The number of piperidine rings is 1. The third-order valence-corrected chi connectivity index (χ3v) is 5.66. The zero-order valence-electron chi connectivity index (χ0n) is 13.6. The van der Waals surface area contributed by atoms with Gasteiger partial charge in [0.1, 0.15) is 0 Å². The molecule has 0 aromatic rings. The Bertz CT molecular complexity index is 399. The van der Waals surface area contributed by atoms with Crippen LogP contribution in [0.3, 0.4) is 0 Å². The summed E-state index contributed by atoms with van der Waals surface area (Å²) in [7, 11) is 0.